The van der Waals surface area contributed by atoms with Crippen molar-refractivity contribution in [2.75, 3.05) is 7.11 Å². The lowest BCUT2D eigenvalue weighted by atomic mass is 10.0. The van der Waals surface area contributed by atoms with Gasteiger partial charge in [0, 0.05) is 0 Å². The maximum absolute atomic E-state index is 13.5. The first-order valence-electron chi connectivity index (χ1n) is 4.44. The Balaban J connectivity index is 3.38. The summed E-state index contributed by atoms with van der Waals surface area (Å²) in [6, 6.07) is 4.54. The molecule has 1 rings (SSSR count). The van der Waals surface area contributed by atoms with E-state index in [1.807, 2.05) is 6.92 Å². The zero-order chi connectivity index (χ0) is 11.4. The number of esters is 1. The van der Waals surface area contributed by atoms with Gasteiger partial charge in [-0.25, -0.2) is 9.18 Å². The summed E-state index contributed by atoms with van der Waals surface area (Å²) >= 11 is 0. The first-order chi connectivity index (χ1) is 7.13. The summed E-state index contributed by atoms with van der Waals surface area (Å²) in [4.78, 5) is 11.2. The van der Waals surface area contributed by atoms with Gasteiger partial charge in [0.05, 0.1) is 18.2 Å². The third kappa shape index (κ3) is 2.13. The summed E-state index contributed by atoms with van der Waals surface area (Å²) in [6.07, 6.45) is 0.624. The van der Waals surface area contributed by atoms with E-state index in [1.165, 1.54) is 19.2 Å². The summed E-state index contributed by atoms with van der Waals surface area (Å²) in [5.74, 6) is -1.58. The van der Waals surface area contributed by atoms with Crippen molar-refractivity contribution in [3.63, 3.8) is 0 Å². The van der Waals surface area contributed by atoms with Crippen molar-refractivity contribution < 1.29 is 13.9 Å². The van der Waals surface area contributed by atoms with Gasteiger partial charge in [0.2, 0.25) is 0 Å². The summed E-state index contributed by atoms with van der Waals surface area (Å²) in [7, 11) is 1.17. The molecule has 4 heteroatoms. The first-order valence-corrected chi connectivity index (χ1v) is 4.44. The second-order valence-electron chi connectivity index (χ2n) is 2.96. The lowest BCUT2D eigenvalue weighted by Gasteiger charge is -2.05. The Morgan fingerprint density at radius 2 is 2.27 bits per heavy atom. The first kappa shape index (κ1) is 11.2. The smallest absolute Gasteiger partial charge is 0.340 e. The number of carbonyl (C=O) groups is 1. The quantitative estimate of drug-likeness (QED) is 0.697. The van der Waals surface area contributed by atoms with Gasteiger partial charge in [-0.1, -0.05) is 6.92 Å². The molecule has 0 heterocycles. The predicted molar refractivity (Wildman–Crippen MR) is 51.8 cm³/mol. The highest BCUT2D eigenvalue weighted by atomic mass is 19.1. The number of rotatable bonds is 2. The van der Waals surface area contributed by atoms with E-state index >= 15 is 0 Å². The van der Waals surface area contributed by atoms with E-state index in [0.717, 1.165) is 5.56 Å². The van der Waals surface area contributed by atoms with Gasteiger partial charge in [0.1, 0.15) is 6.07 Å². The monoisotopic (exact) mass is 207 g/mol. The number of hydrogen-bond donors (Lipinski definition) is 0. The van der Waals surface area contributed by atoms with Crippen LogP contribution in [0.5, 0.6) is 0 Å². The highest BCUT2D eigenvalue weighted by molar-refractivity contribution is 5.90. The van der Waals surface area contributed by atoms with E-state index in [9.17, 15) is 9.18 Å². The van der Waals surface area contributed by atoms with E-state index in [-0.39, 0.29) is 11.1 Å². The summed E-state index contributed by atoms with van der Waals surface area (Å²) in [5.41, 5.74) is 0.413. The van der Waals surface area contributed by atoms with Crippen molar-refractivity contribution in [1.82, 2.24) is 0 Å². The van der Waals surface area contributed by atoms with Crippen molar-refractivity contribution in [3.8, 4) is 6.07 Å². The summed E-state index contributed by atoms with van der Waals surface area (Å²) < 4.78 is 17.9. The van der Waals surface area contributed by atoms with Crippen molar-refractivity contribution in [1.29, 1.82) is 5.26 Å². The zero-order valence-corrected chi connectivity index (χ0v) is 8.50. The van der Waals surface area contributed by atoms with Crippen LogP contribution >= 0.6 is 0 Å². The Labute approximate surface area is 87.1 Å². The van der Waals surface area contributed by atoms with Crippen LogP contribution in [0.2, 0.25) is 0 Å². The standard InChI is InChI=1S/C11H10FNO2/c1-3-7-4-8(6-13)10(12)9(5-7)11(14)15-2/h4-5H,3H2,1-2H3. The van der Waals surface area contributed by atoms with Crippen molar-refractivity contribution in [2.24, 2.45) is 0 Å². The molecule has 0 unspecified atom stereocenters. The third-order valence-electron chi connectivity index (χ3n) is 2.07. The number of ether oxygens (including phenoxy) is 1. The number of methoxy groups -OCH3 is 1. The molecule has 0 saturated carbocycles. The molecule has 0 fully saturated rings. The average molecular weight is 207 g/mol. The molecule has 0 aliphatic carbocycles. The molecule has 0 N–H and O–H groups in total. The molecule has 3 nitrogen and oxygen atoms in total. The van der Waals surface area contributed by atoms with Crippen LogP contribution in [0, 0.1) is 17.1 Å². The van der Waals surface area contributed by atoms with Gasteiger partial charge in [-0.05, 0) is 24.1 Å². The Morgan fingerprint density at radius 3 is 2.73 bits per heavy atom. The summed E-state index contributed by atoms with van der Waals surface area (Å²) in [6.45, 7) is 1.86. The van der Waals surface area contributed by atoms with Crippen LogP contribution in [-0.4, -0.2) is 13.1 Å². The molecule has 0 bridgehead atoms. The van der Waals surface area contributed by atoms with Crippen LogP contribution in [0.15, 0.2) is 12.1 Å². The maximum atomic E-state index is 13.5. The number of benzene rings is 1. The van der Waals surface area contributed by atoms with Gasteiger partial charge in [-0.15, -0.1) is 0 Å². The number of hydrogen-bond acceptors (Lipinski definition) is 3. The second kappa shape index (κ2) is 4.56. The van der Waals surface area contributed by atoms with Gasteiger partial charge in [-0.3, -0.25) is 0 Å². The van der Waals surface area contributed by atoms with Crippen LogP contribution in [-0.2, 0) is 11.2 Å². The molecule has 0 radical (unpaired) electrons. The minimum atomic E-state index is -0.818. The highest BCUT2D eigenvalue weighted by Gasteiger charge is 2.16. The fourth-order valence-corrected chi connectivity index (χ4v) is 1.23. The SMILES string of the molecule is CCc1cc(C#N)c(F)c(C(=O)OC)c1. The molecule has 0 aliphatic rings. The fourth-order valence-electron chi connectivity index (χ4n) is 1.23. The number of carbonyl (C=O) groups excluding carboxylic acids is 1. The van der Waals surface area contributed by atoms with Crippen molar-refractivity contribution in [3.05, 3.63) is 34.6 Å². The number of aryl methyl sites for hydroxylation is 1. The van der Waals surface area contributed by atoms with Crippen LogP contribution in [0.3, 0.4) is 0 Å². The van der Waals surface area contributed by atoms with E-state index < -0.39 is 11.8 Å². The molecule has 15 heavy (non-hydrogen) atoms. The molecule has 0 aliphatic heterocycles. The summed E-state index contributed by atoms with van der Waals surface area (Å²) in [5, 5.41) is 8.68. The van der Waals surface area contributed by atoms with Gasteiger partial charge < -0.3 is 4.74 Å². The minimum absolute atomic E-state index is 0.130. The average Bonchev–Trinajstić information content (AvgIpc) is 2.28. The molecular formula is C11H10FNO2. The number of nitrogens with zero attached hydrogens (tertiary/aromatic N) is 1. The molecule has 0 amide bonds. The molecule has 0 spiro atoms. The largest absolute Gasteiger partial charge is 0.465 e. The maximum Gasteiger partial charge on any atom is 0.340 e. The van der Waals surface area contributed by atoms with Crippen LogP contribution < -0.4 is 0 Å². The Kier molecular flexibility index (Phi) is 3.40. The number of nitriles is 1. The van der Waals surface area contributed by atoms with Crippen LogP contribution in [0.25, 0.3) is 0 Å². The molecule has 0 saturated heterocycles. The molecule has 1 aromatic carbocycles. The van der Waals surface area contributed by atoms with E-state index in [2.05, 4.69) is 4.74 Å². The molecular weight excluding hydrogens is 197 g/mol. The van der Waals surface area contributed by atoms with Gasteiger partial charge in [-0.2, -0.15) is 5.26 Å². The molecule has 78 valence electrons. The lowest BCUT2D eigenvalue weighted by molar-refractivity contribution is 0.0595. The fraction of sp³-hybridized carbons (Fsp3) is 0.273. The zero-order valence-electron chi connectivity index (χ0n) is 8.50. The Bertz CT molecular complexity index is 435. The molecule has 1 aromatic rings. The predicted octanol–water partition coefficient (Wildman–Crippen LogP) is 2.05. The Hall–Kier alpha value is -1.89. The number of halogens is 1. The normalized spacial score (nSPS) is 9.47. The van der Waals surface area contributed by atoms with E-state index in [0.29, 0.717) is 6.42 Å². The lowest BCUT2D eigenvalue weighted by Crippen LogP contribution is -2.07. The highest BCUT2D eigenvalue weighted by Crippen LogP contribution is 2.17. The Morgan fingerprint density at radius 1 is 1.60 bits per heavy atom. The van der Waals surface area contributed by atoms with Crippen molar-refractivity contribution in [2.45, 2.75) is 13.3 Å². The van der Waals surface area contributed by atoms with E-state index in [1.54, 1.807) is 6.07 Å². The second-order valence-corrected chi connectivity index (χ2v) is 2.96. The van der Waals surface area contributed by atoms with Gasteiger partial charge in [0.15, 0.2) is 5.82 Å². The van der Waals surface area contributed by atoms with Gasteiger partial charge >= 0.3 is 5.97 Å². The van der Waals surface area contributed by atoms with Gasteiger partial charge in [0.25, 0.3) is 0 Å². The third-order valence-corrected chi connectivity index (χ3v) is 2.07. The molecule has 0 aromatic heterocycles. The molecule has 0 atom stereocenters. The van der Waals surface area contributed by atoms with Crippen molar-refractivity contribution >= 4 is 5.97 Å². The minimum Gasteiger partial charge on any atom is -0.465 e. The topological polar surface area (TPSA) is 50.1 Å². The van der Waals surface area contributed by atoms with Crippen LogP contribution in [0.4, 0.5) is 4.39 Å². The van der Waals surface area contributed by atoms with E-state index in [4.69, 9.17) is 5.26 Å². The van der Waals surface area contributed by atoms with Crippen LogP contribution in [0.1, 0.15) is 28.4 Å².